The van der Waals surface area contributed by atoms with E-state index < -0.39 is 6.09 Å². The average Bonchev–Trinajstić information content (AvgIpc) is 2.97. The van der Waals surface area contributed by atoms with E-state index >= 15 is 0 Å². The van der Waals surface area contributed by atoms with E-state index in [4.69, 9.17) is 9.26 Å². The van der Waals surface area contributed by atoms with Crippen LogP contribution in [-0.2, 0) is 4.74 Å². The molecule has 0 spiro atoms. The van der Waals surface area contributed by atoms with Gasteiger partial charge in [-0.2, -0.15) is 0 Å². The second kappa shape index (κ2) is 7.00. The Balaban J connectivity index is 1.74. The first-order chi connectivity index (χ1) is 11.6. The summed E-state index contributed by atoms with van der Waals surface area (Å²) in [5.41, 5.74) is 2.88. The van der Waals surface area contributed by atoms with Crippen molar-refractivity contribution in [1.29, 1.82) is 0 Å². The number of rotatable bonds is 4. The largest absolute Gasteiger partial charge is 0.441 e. The Kier molecular flexibility index (Phi) is 4.61. The van der Waals surface area contributed by atoms with Gasteiger partial charge in [0.2, 0.25) is 0 Å². The number of nitrogens with one attached hydrogen (secondary N) is 1. The van der Waals surface area contributed by atoms with Gasteiger partial charge in [0.15, 0.2) is 5.76 Å². The van der Waals surface area contributed by atoms with Crippen LogP contribution in [0.5, 0.6) is 0 Å². The quantitative estimate of drug-likeness (QED) is 0.737. The molecule has 0 fully saturated rings. The van der Waals surface area contributed by atoms with Crippen LogP contribution < -0.4 is 5.32 Å². The molecule has 0 aliphatic heterocycles. The number of carbonyl (C=O) groups excluding carboxylic acids is 1. The van der Waals surface area contributed by atoms with E-state index in [9.17, 15) is 4.79 Å². The number of nitrogens with zero attached hydrogens (tertiary/aromatic N) is 1. The summed E-state index contributed by atoms with van der Waals surface area (Å²) in [6.45, 7) is 3.60. The summed E-state index contributed by atoms with van der Waals surface area (Å²) in [5.74, 6) is 0.511. The van der Waals surface area contributed by atoms with E-state index in [0.29, 0.717) is 17.1 Å². The zero-order valence-electron chi connectivity index (χ0n) is 13.5. The van der Waals surface area contributed by atoms with Gasteiger partial charge in [0.1, 0.15) is 17.5 Å². The number of aromatic nitrogens is 1. The first kappa shape index (κ1) is 15.8. The topological polar surface area (TPSA) is 64.4 Å². The lowest BCUT2D eigenvalue weighted by Gasteiger charge is -2.14. The van der Waals surface area contributed by atoms with Crippen LogP contribution >= 0.6 is 0 Å². The predicted octanol–water partition coefficient (Wildman–Crippen LogP) is 4.96. The van der Waals surface area contributed by atoms with E-state index in [1.165, 1.54) is 0 Å². The van der Waals surface area contributed by atoms with Gasteiger partial charge in [0, 0.05) is 5.56 Å². The number of hydrogen-bond acceptors (Lipinski definition) is 4. The summed E-state index contributed by atoms with van der Waals surface area (Å²) in [6, 6.07) is 19.1. The van der Waals surface area contributed by atoms with Crippen LogP contribution in [0.1, 0.15) is 24.3 Å². The Morgan fingerprint density at radius 3 is 2.38 bits per heavy atom. The monoisotopic (exact) mass is 322 g/mol. The Bertz CT molecular complexity index is 813. The van der Waals surface area contributed by atoms with Gasteiger partial charge in [-0.15, -0.1) is 0 Å². The zero-order chi connectivity index (χ0) is 16.9. The molecule has 0 saturated heterocycles. The smallest absolute Gasteiger partial charge is 0.412 e. The van der Waals surface area contributed by atoms with Gasteiger partial charge in [-0.1, -0.05) is 65.8 Å². The SMILES string of the molecule is Cc1noc(-c2ccccc2)c1NC(=O)O[C@H](C)c1ccccc1. The van der Waals surface area contributed by atoms with Gasteiger partial charge in [-0.25, -0.2) is 4.79 Å². The Labute approximate surface area is 140 Å². The van der Waals surface area contributed by atoms with E-state index in [2.05, 4.69) is 10.5 Å². The third-order valence-corrected chi connectivity index (χ3v) is 3.68. The maximum Gasteiger partial charge on any atom is 0.412 e. The van der Waals surface area contributed by atoms with Gasteiger partial charge in [-0.3, -0.25) is 5.32 Å². The molecule has 3 aromatic rings. The summed E-state index contributed by atoms with van der Waals surface area (Å²) >= 11 is 0. The molecule has 1 aromatic heterocycles. The van der Waals surface area contributed by atoms with Crippen LogP contribution in [0.2, 0.25) is 0 Å². The van der Waals surface area contributed by atoms with Gasteiger partial charge in [0.25, 0.3) is 0 Å². The van der Waals surface area contributed by atoms with Crippen LogP contribution in [0.15, 0.2) is 65.2 Å². The maximum atomic E-state index is 12.2. The standard InChI is InChI=1S/C19H18N2O3/c1-13-17(18(24-21-13)16-11-7-4-8-12-16)20-19(22)23-14(2)15-9-5-3-6-10-15/h3-12,14H,1-2H3,(H,20,22)/t14-/m1/s1. The van der Waals surface area contributed by atoms with E-state index in [-0.39, 0.29) is 6.10 Å². The van der Waals surface area contributed by atoms with Gasteiger partial charge in [0.05, 0.1) is 0 Å². The zero-order valence-corrected chi connectivity index (χ0v) is 13.5. The minimum atomic E-state index is -0.546. The van der Waals surface area contributed by atoms with Crippen molar-refractivity contribution >= 4 is 11.8 Å². The average molecular weight is 322 g/mol. The molecular formula is C19H18N2O3. The Hall–Kier alpha value is -3.08. The second-order valence-electron chi connectivity index (χ2n) is 5.42. The molecule has 1 atom stereocenters. The number of benzene rings is 2. The molecule has 2 aromatic carbocycles. The highest BCUT2D eigenvalue weighted by atomic mass is 16.6. The molecule has 0 aliphatic rings. The minimum absolute atomic E-state index is 0.355. The minimum Gasteiger partial charge on any atom is -0.441 e. The molecule has 0 radical (unpaired) electrons. The summed E-state index contributed by atoms with van der Waals surface area (Å²) in [4.78, 5) is 12.2. The van der Waals surface area contributed by atoms with Gasteiger partial charge < -0.3 is 9.26 Å². The maximum absolute atomic E-state index is 12.2. The van der Waals surface area contributed by atoms with Crippen LogP contribution in [0.4, 0.5) is 10.5 Å². The molecule has 0 unspecified atom stereocenters. The number of amides is 1. The number of carbonyl (C=O) groups is 1. The highest BCUT2D eigenvalue weighted by molar-refractivity contribution is 5.90. The first-order valence-electron chi connectivity index (χ1n) is 7.69. The van der Waals surface area contributed by atoms with Crippen molar-refractivity contribution < 1.29 is 14.1 Å². The highest BCUT2D eigenvalue weighted by Crippen LogP contribution is 2.31. The van der Waals surface area contributed by atoms with E-state index in [1.807, 2.05) is 67.6 Å². The molecular weight excluding hydrogens is 304 g/mol. The van der Waals surface area contributed by atoms with Crippen LogP contribution in [0.3, 0.4) is 0 Å². The molecule has 0 bridgehead atoms. The fourth-order valence-electron chi connectivity index (χ4n) is 2.39. The normalized spacial score (nSPS) is 11.8. The van der Waals surface area contributed by atoms with Crippen molar-refractivity contribution in [2.45, 2.75) is 20.0 Å². The number of ether oxygens (including phenoxy) is 1. The van der Waals surface area contributed by atoms with Crippen molar-refractivity contribution in [1.82, 2.24) is 5.16 Å². The molecule has 1 amide bonds. The van der Waals surface area contributed by atoms with Crippen molar-refractivity contribution in [3.63, 3.8) is 0 Å². The molecule has 1 N–H and O–H groups in total. The molecule has 3 rings (SSSR count). The Morgan fingerprint density at radius 1 is 1.08 bits per heavy atom. The molecule has 5 heteroatoms. The van der Waals surface area contributed by atoms with Gasteiger partial charge >= 0.3 is 6.09 Å². The fourth-order valence-corrected chi connectivity index (χ4v) is 2.39. The Morgan fingerprint density at radius 2 is 1.71 bits per heavy atom. The lowest BCUT2D eigenvalue weighted by molar-refractivity contribution is 0.121. The van der Waals surface area contributed by atoms with E-state index in [0.717, 1.165) is 11.1 Å². The summed E-state index contributed by atoms with van der Waals surface area (Å²) in [6.07, 6.45) is -0.902. The van der Waals surface area contributed by atoms with E-state index in [1.54, 1.807) is 6.92 Å². The second-order valence-corrected chi connectivity index (χ2v) is 5.42. The van der Waals surface area contributed by atoms with Crippen molar-refractivity contribution in [3.05, 3.63) is 71.9 Å². The lowest BCUT2D eigenvalue weighted by Crippen LogP contribution is -2.16. The lowest BCUT2D eigenvalue weighted by atomic mass is 10.1. The molecule has 0 saturated carbocycles. The van der Waals surface area contributed by atoms with Crippen molar-refractivity contribution in [2.75, 3.05) is 5.32 Å². The van der Waals surface area contributed by atoms with Crippen LogP contribution in [0, 0.1) is 6.92 Å². The fraction of sp³-hybridized carbons (Fsp3) is 0.158. The molecule has 5 nitrogen and oxygen atoms in total. The van der Waals surface area contributed by atoms with Crippen molar-refractivity contribution in [2.24, 2.45) is 0 Å². The van der Waals surface area contributed by atoms with Crippen molar-refractivity contribution in [3.8, 4) is 11.3 Å². The number of aryl methyl sites for hydroxylation is 1. The first-order valence-corrected chi connectivity index (χ1v) is 7.69. The number of anilines is 1. The van der Waals surface area contributed by atoms with Crippen LogP contribution in [-0.4, -0.2) is 11.2 Å². The third kappa shape index (κ3) is 3.46. The predicted molar refractivity (Wildman–Crippen MR) is 91.6 cm³/mol. The highest BCUT2D eigenvalue weighted by Gasteiger charge is 2.19. The van der Waals surface area contributed by atoms with Gasteiger partial charge in [-0.05, 0) is 19.4 Å². The molecule has 122 valence electrons. The molecule has 24 heavy (non-hydrogen) atoms. The number of hydrogen-bond donors (Lipinski definition) is 1. The van der Waals surface area contributed by atoms with Crippen LogP contribution in [0.25, 0.3) is 11.3 Å². The third-order valence-electron chi connectivity index (χ3n) is 3.68. The molecule has 1 heterocycles. The molecule has 0 aliphatic carbocycles. The summed E-state index contributed by atoms with van der Waals surface area (Å²) in [7, 11) is 0. The summed E-state index contributed by atoms with van der Waals surface area (Å²) < 4.78 is 10.8. The summed E-state index contributed by atoms with van der Waals surface area (Å²) in [5, 5.41) is 6.68.